The van der Waals surface area contributed by atoms with Crippen LogP contribution in [-0.4, -0.2) is 8.42 Å². The molecule has 0 unspecified atom stereocenters. The number of halogens is 2. The van der Waals surface area contributed by atoms with Crippen LogP contribution in [0.4, 0.5) is 4.39 Å². The first-order valence-corrected chi connectivity index (χ1v) is 9.28. The third kappa shape index (κ3) is 3.03. The first-order chi connectivity index (χ1) is 10.5. The van der Waals surface area contributed by atoms with Gasteiger partial charge in [-0.25, -0.2) is 12.8 Å². The minimum Gasteiger partial charge on any atom is -0.223 e. The zero-order chi connectivity index (χ0) is 15.7. The van der Waals surface area contributed by atoms with E-state index >= 15 is 0 Å². The molecule has 0 heterocycles. The van der Waals surface area contributed by atoms with Crippen molar-refractivity contribution in [3.63, 3.8) is 0 Å². The molecule has 0 aliphatic heterocycles. The molecule has 0 saturated carbocycles. The fourth-order valence-electron chi connectivity index (χ4n) is 2.96. The molecule has 0 saturated heterocycles. The van der Waals surface area contributed by atoms with Gasteiger partial charge in [0.1, 0.15) is 5.82 Å². The van der Waals surface area contributed by atoms with Gasteiger partial charge in [0.2, 0.25) is 0 Å². The van der Waals surface area contributed by atoms with Gasteiger partial charge in [-0.3, -0.25) is 0 Å². The lowest BCUT2D eigenvalue weighted by molar-refractivity contribution is 0.590. The number of hydrogen-bond donors (Lipinski definition) is 0. The van der Waals surface area contributed by atoms with Gasteiger partial charge < -0.3 is 0 Å². The Bertz CT molecular complexity index is 815. The van der Waals surface area contributed by atoms with E-state index in [4.69, 9.17) is 11.6 Å². The highest BCUT2D eigenvalue weighted by Gasteiger charge is 2.23. The molecule has 2 aromatic carbocycles. The molecule has 0 spiro atoms. The summed E-state index contributed by atoms with van der Waals surface area (Å²) < 4.78 is 38.6. The maximum atomic E-state index is 13.1. The molecule has 2 aromatic rings. The van der Waals surface area contributed by atoms with E-state index < -0.39 is 15.7 Å². The second-order valence-corrected chi connectivity index (χ2v) is 7.96. The molecular formula is C17H16ClFO2S. The van der Waals surface area contributed by atoms with Gasteiger partial charge in [0.25, 0.3) is 0 Å². The molecule has 0 bridgehead atoms. The molecule has 1 aliphatic rings. The topological polar surface area (TPSA) is 34.1 Å². The highest BCUT2D eigenvalue weighted by molar-refractivity contribution is 7.90. The Hall–Kier alpha value is -1.39. The van der Waals surface area contributed by atoms with E-state index in [1.807, 2.05) is 6.07 Å². The van der Waals surface area contributed by atoms with Crippen molar-refractivity contribution in [2.75, 3.05) is 0 Å². The van der Waals surface area contributed by atoms with Crippen LogP contribution in [0.15, 0.2) is 41.3 Å². The van der Waals surface area contributed by atoms with E-state index in [2.05, 4.69) is 0 Å². The molecule has 0 amide bonds. The predicted octanol–water partition coefficient (Wildman–Crippen LogP) is 4.33. The number of rotatable bonds is 3. The lowest BCUT2D eigenvalue weighted by Crippen LogP contribution is -2.13. The van der Waals surface area contributed by atoms with Gasteiger partial charge in [0.15, 0.2) is 9.84 Å². The van der Waals surface area contributed by atoms with Crippen molar-refractivity contribution in [2.45, 2.75) is 36.3 Å². The molecule has 0 atom stereocenters. The van der Waals surface area contributed by atoms with Gasteiger partial charge in [0, 0.05) is 5.02 Å². The van der Waals surface area contributed by atoms with Crippen LogP contribution in [0.25, 0.3) is 0 Å². The predicted molar refractivity (Wildman–Crippen MR) is 85.4 cm³/mol. The van der Waals surface area contributed by atoms with Crippen LogP contribution in [0, 0.1) is 5.82 Å². The lowest BCUT2D eigenvalue weighted by Gasteiger charge is -2.19. The van der Waals surface area contributed by atoms with Crippen LogP contribution in [0.5, 0.6) is 0 Å². The fourth-order valence-corrected chi connectivity index (χ4v) is 4.98. The van der Waals surface area contributed by atoms with Crippen LogP contribution in [0.1, 0.15) is 29.5 Å². The molecule has 0 radical (unpaired) electrons. The largest absolute Gasteiger partial charge is 0.223 e. The van der Waals surface area contributed by atoms with Gasteiger partial charge in [0.05, 0.1) is 10.6 Å². The van der Waals surface area contributed by atoms with Crippen LogP contribution in [0.2, 0.25) is 5.02 Å². The fraction of sp³-hybridized carbons (Fsp3) is 0.294. The van der Waals surface area contributed by atoms with Crippen molar-refractivity contribution < 1.29 is 12.8 Å². The summed E-state index contributed by atoms with van der Waals surface area (Å²) in [6.45, 7) is 0. The summed E-state index contributed by atoms with van der Waals surface area (Å²) in [6, 6.07) is 9.27. The smallest absolute Gasteiger partial charge is 0.182 e. The Morgan fingerprint density at radius 3 is 2.64 bits per heavy atom. The van der Waals surface area contributed by atoms with Crippen molar-refractivity contribution in [1.82, 2.24) is 0 Å². The maximum Gasteiger partial charge on any atom is 0.182 e. The number of fused-ring (bicyclic) bond motifs is 1. The van der Waals surface area contributed by atoms with Gasteiger partial charge in [-0.2, -0.15) is 0 Å². The standard InChI is InChI=1S/C17H16ClFO2S/c18-16-10-14(19)9-8-13(16)11-22(20,21)17-7-3-5-12-4-1-2-6-15(12)17/h3,5,7-10H,1-2,4,6,11H2. The monoisotopic (exact) mass is 338 g/mol. The molecular weight excluding hydrogens is 323 g/mol. The van der Waals surface area contributed by atoms with E-state index in [-0.39, 0.29) is 10.8 Å². The van der Waals surface area contributed by atoms with Gasteiger partial charge >= 0.3 is 0 Å². The number of sulfone groups is 1. The molecule has 0 aromatic heterocycles. The summed E-state index contributed by atoms with van der Waals surface area (Å²) in [5.41, 5.74) is 2.49. The summed E-state index contributed by atoms with van der Waals surface area (Å²) in [7, 11) is -3.50. The van der Waals surface area contributed by atoms with Crippen LogP contribution < -0.4 is 0 Å². The quantitative estimate of drug-likeness (QED) is 0.834. The normalized spacial score (nSPS) is 14.6. The minimum atomic E-state index is -3.50. The lowest BCUT2D eigenvalue weighted by atomic mass is 9.92. The highest BCUT2D eigenvalue weighted by atomic mass is 35.5. The third-order valence-electron chi connectivity index (χ3n) is 4.05. The first kappa shape index (κ1) is 15.5. The first-order valence-electron chi connectivity index (χ1n) is 7.25. The van der Waals surface area contributed by atoms with E-state index in [9.17, 15) is 12.8 Å². The van der Waals surface area contributed by atoms with Crippen LogP contribution in [-0.2, 0) is 28.4 Å². The molecule has 2 nitrogen and oxygen atoms in total. The molecule has 22 heavy (non-hydrogen) atoms. The SMILES string of the molecule is O=S(=O)(Cc1ccc(F)cc1Cl)c1cccc2c1CCCC2. The third-order valence-corrected chi connectivity index (χ3v) is 6.14. The Labute approximate surface area is 134 Å². The number of benzene rings is 2. The second-order valence-electron chi connectivity index (χ2n) is 5.60. The summed E-state index contributed by atoms with van der Waals surface area (Å²) >= 11 is 5.96. The minimum absolute atomic E-state index is 0.147. The maximum absolute atomic E-state index is 13.1. The summed E-state index contributed by atoms with van der Waals surface area (Å²) in [5, 5.41) is 0.147. The summed E-state index contributed by atoms with van der Waals surface area (Å²) in [6.07, 6.45) is 3.83. The summed E-state index contributed by atoms with van der Waals surface area (Å²) in [5.74, 6) is -0.675. The van der Waals surface area contributed by atoms with Gasteiger partial charge in [-0.05, 0) is 60.6 Å². The van der Waals surface area contributed by atoms with E-state index in [1.54, 1.807) is 12.1 Å². The molecule has 1 aliphatic carbocycles. The number of hydrogen-bond acceptors (Lipinski definition) is 2. The van der Waals surface area contributed by atoms with E-state index in [0.717, 1.165) is 42.9 Å². The zero-order valence-electron chi connectivity index (χ0n) is 12.0. The van der Waals surface area contributed by atoms with E-state index in [0.29, 0.717) is 10.5 Å². The van der Waals surface area contributed by atoms with Crippen molar-refractivity contribution in [2.24, 2.45) is 0 Å². The molecule has 3 rings (SSSR count). The van der Waals surface area contributed by atoms with Gasteiger partial charge in [-0.15, -0.1) is 0 Å². The van der Waals surface area contributed by atoms with E-state index in [1.165, 1.54) is 12.1 Å². The second kappa shape index (κ2) is 6.01. The number of aryl methyl sites for hydroxylation is 1. The molecule has 0 N–H and O–H groups in total. The molecule has 116 valence electrons. The van der Waals surface area contributed by atoms with Crippen molar-refractivity contribution >= 4 is 21.4 Å². The van der Waals surface area contributed by atoms with Crippen LogP contribution >= 0.6 is 11.6 Å². The zero-order valence-corrected chi connectivity index (χ0v) is 13.6. The van der Waals surface area contributed by atoms with Crippen molar-refractivity contribution in [3.05, 3.63) is 63.9 Å². The Morgan fingerprint density at radius 1 is 1.09 bits per heavy atom. The molecule has 5 heteroatoms. The van der Waals surface area contributed by atoms with Crippen molar-refractivity contribution in [3.8, 4) is 0 Å². The average molecular weight is 339 g/mol. The van der Waals surface area contributed by atoms with Crippen molar-refractivity contribution in [1.29, 1.82) is 0 Å². The Kier molecular flexibility index (Phi) is 4.24. The average Bonchev–Trinajstić information content (AvgIpc) is 2.49. The Balaban J connectivity index is 2.00. The highest BCUT2D eigenvalue weighted by Crippen LogP contribution is 2.30. The molecule has 0 fully saturated rings. The van der Waals surface area contributed by atoms with Crippen LogP contribution in [0.3, 0.4) is 0 Å². The Morgan fingerprint density at radius 2 is 1.86 bits per heavy atom. The summed E-state index contributed by atoms with van der Waals surface area (Å²) in [4.78, 5) is 0.394. The van der Waals surface area contributed by atoms with Gasteiger partial charge in [-0.1, -0.05) is 29.8 Å².